The van der Waals surface area contributed by atoms with Crippen molar-refractivity contribution in [2.75, 3.05) is 10.6 Å². The molecule has 0 bridgehead atoms. The van der Waals surface area contributed by atoms with Crippen molar-refractivity contribution < 1.29 is 14.4 Å². The van der Waals surface area contributed by atoms with Gasteiger partial charge in [0.1, 0.15) is 18.2 Å². The summed E-state index contributed by atoms with van der Waals surface area (Å²) in [6, 6.07) is 14.7. The lowest BCUT2D eigenvalue weighted by Gasteiger charge is -2.29. The second-order valence-electron chi connectivity index (χ2n) is 8.09. The number of aryl methyl sites for hydroxylation is 1. The largest absolute Gasteiger partial charge is 0.340 e. The lowest BCUT2D eigenvalue weighted by Crippen LogP contribution is -2.50. The predicted molar refractivity (Wildman–Crippen MR) is 125 cm³/mol. The van der Waals surface area contributed by atoms with E-state index in [2.05, 4.69) is 20.6 Å². The number of fused-ring (bicyclic) bond motifs is 1. The van der Waals surface area contributed by atoms with Gasteiger partial charge in [-0.15, -0.1) is 0 Å². The molecule has 8 heteroatoms. The summed E-state index contributed by atoms with van der Waals surface area (Å²) in [5, 5.41) is 6.04. The predicted octanol–water partition coefficient (Wildman–Crippen LogP) is 4.18. The van der Waals surface area contributed by atoms with E-state index >= 15 is 0 Å². The molecule has 2 aromatic carbocycles. The van der Waals surface area contributed by atoms with Crippen LogP contribution >= 0.6 is 0 Å². The standard InChI is InChI=1S/C25H25N5O3/c1-4-15(2)22(30-24(32)19-7-5-6-8-20(19)25(30)33)23(31)29-18-11-9-17(10-12-18)28-21-13-16(3)26-14-27-21/h5-15,22H,4H2,1-3H3,(H,29,31)(H,26,27,28). The zero-order valence-electron chi connectivity index (χ0n) is 18.7. The van der Waals surface area contributed by atoms with Crippen LogP contribution < -0.4 is 10.6 Å². The summed E-state index contributed by atoms with van der Waals surface area (Å²) in [6.07, 6.45) is 2.12. The quantitative estimate of drug-likeness (QED) is 0.531. The highest BCUT2D eigenvalue weighted by molar-refractivity contribution is 6.23. The van der Waals surface area contributed by atoms with Gasteiger partial charge in [-0.25, -0.2) is 9.97 Å². The molecule has 2 atom stereocenters. The van der Waals surface area contributed by atoms with Crippen LogP contribution in [0, 0.1) is 12.8 Å². The lowest BCUT2D eigenvalue weighted by molar-refractivity contribution is -0.121. The van der Waals surface area contributed by atoms with Crippen LogP contribution in [0.5, 0.6) is 0 Å². The van der Waals surface area contributed by atoms with E-state index in [1.54, 1.807) is 36.4 Å². The number of nitrogens with zero attached hydrogens (tertiary/aromatic N) is 3. The number of imide groups is 1. The Kier molecular flexibility index (Phi) is 6.17. The number of benzene rings is 2. The van der Waals surface area contributed by atoms with E-state index in [0.29, 0.717) is 29.1 Å². The number of nitrogens with one attached hydrogen (secondary N) is 2. The minimum absolute atomic E-state index is 0.214. The third-order valence-corrected chi connectivity index (χ3v) is 5.78. The van der Waals surface area contributed by atoms with Crippen molar-refractivity contribution in [1.82, 2.24) is 14.9 Å². The lowest BCUT2D eigenvalue weighted by atomic mass is 9.96. The smallest absolute Gasteiger partial charge is 0.262 e. The highest BCUT2D eigenvalue weighted by atomic mass is 16.2. The fraction of sp³-hybridized carbons (Fsp3) is 0.240. The molecule has 0 saturated carbocycles. The molecule has 1 aliphatic rings. The second-order valence-corrected chi connectivity index (χ2v) is 8.09. The van der Waals surface area contributed by atoms with Gasteiger partial charge in [0.15, 0.2) is 0 Å². The van der Waals surface area contributed by atoms with E-state index in [1.165, 1.54) is 6.33 Å². The molecule has 8 nitrogen and oxygen atoms in total. The first-order chi connectivity index (χ1) is 15.9. The summed E-state index contributed by atoms with van der Waals surface area (Å²) >= 11 is 0. The van der Waals surface area contributed by atoms with Crippen molar-refractivity contribution in [3.8, 4) is 0 Å². The average Bonchev–Trinajstić information content (AvgIpc) is 3.06. The summed E-state index contributed by atoms with van der Waals surface area (Å²) in [5.74, 6) is -0.812. The van der Waals surface area contributed by atoms with Crippen LogP contribution in [0.3, 0.4) is 0 Å². The molecule has 2 N–H and O–H groups in total. The number of carbonyl (C=O) groups is 3. The van der Waals surface area contributed by atoms with E-state index in [4.69, 9.17) is 0 Å². The van der Waals surface area contributed by atoms with Crippen LogP contribution in [0.1, 0.15) is 46.7 Å². The summed E-state index contributed by atoms with van der Waals surface area (Å²) in [4.78, 5) is 48.6. The molecule has 0 saturated heterocycles. The van der Waals surface area contributed by atoms with Gasteiger partial charge in [-0.2, -0.15) is 0 Å². The van der Waals surface area contributed by atoms with Crippen molar-refractivity contribution in [3.63, 3.8) is 0 Å². The first kappa shape index (κ1) is 22.1. The number of carbonyl (C=O) groups excluding carboxylic acids is 3. The van der Waals surface area contributed by atoms with Crippen LogP contribution in [0.4, 0.5) is 17.2 Å². The zero-order chi connectivity index (χ0) is 23.5. The Morgan fingerprint density at radius 3 is 2.15 bits per heavy atom. The number of aromatic nitrogens is 2. The number of rotatable bonds is 7. The minimum atomic E-state index is -0.913. The van der Waals surface area contributed by atoms with Gasteiger partial charge in [-0.1, -0.05) is 32.4 Å². The van der Waals surface area contributed by atoms with Gasteiger partial charge in [0.05, 0.1) is 11.1 Å². The Labute approximate surface area is 192 Å². The number of anilines is 3. The van der Waals surface area contributed by atoms with Crippen molar-refractivity contribution in [3.05, 3.63) is 77.7 Å². The Hall–Kier alpha value is -4.07. The summed E-state index contributed by atoms with van der Waals surface area (Å²) < 4.78 is 0. The first-order valence-corrected chi connectivity index (χ1v) is 10.8. The molecular weight excluding hydrogens is 418 g/mol. The van der Waals surface area contributed by atoms with Crippen molar-refractivity contribution in [1.29, 1.82) is 0 Å². The zero-order valence-corrected chi connectivity index (χ0v) is 18.7. The normalized spacial score (nSPS) is 14.6. The summed E-state index contributed by atoms with van der Waals surface area (Å²) in [6.45, 7) is 5.68. The number of amides is 3. The molecule has 0 spiro atoms. The highest BCUT2D eigenvalue weighted by Crippen LogP contribution is 2.29. The average molecular weight is 444 g/mol. The number of hydrogen-bond acceptors (Lipinski definition) is 6. The van der Waals surface area contributed by atoms with Crippen LogP contribution in [0.25, 0.3) is 0 Å². The molecule has 0 fully saturated rings. The highest BCUT2D eigenvalue weighted by Gasteiger charge is 2.44. The summed E-state index contributed by atoms with van der Waals surface area (Å²) in [7, 11) is 0. The molecule has 1 aromatic heterocycles. The Morgan fingerprint density at radius 1 is 0.970 bits per heavy atom. The molecule has 1 aliphatic heterocycles. The minimum Gasteiger partial charge on any atom is -0.340 e. The monoisotopic (exact) mass is 443 g/mol. The Bertz CT molecular complexity index is 1170. The van der Waals surface area contributed by atoms with Gasteiger partial charge in [0.25, 0.3) is 11.8 Å². The molecule has 2 unspecified atom stereocenters. The molecule has 4 rings (SSSR count). The molecule has 0 radical (unpaired) electrons. The van der Waals surface area contributed by atoms with Crippen LogP contribution in [0.15, 0.2) is 60.9 Å². The Morgan fingerprint density at radius 2 is 1.58 bits per heavy atom. The van der Waals surface area contributed by atoms with E-state index in [-0.39, 0.29) is 5.92 Å². The van der Waals surface area contributed by atoms with Crippen molar-refractivity contribution >= 4 is 34.9 Å². The maximum Gasteiger partial charge on any atom is 0.262 e. The van der Waals surface area contributed by atoms with E-state index in [9.17, 15) is 14.4 Å². The van der Waals surface area contributed by atoms with Crippen molar-refractivity contribution in [2.45, 2.75) is 33.2 Å². The molecule has 0 aliphatic carbocycles. The van der Waals surface area contributed by atoms with E-state index < -0.39 is 23.8 Å². The van der Waals surface area contributed by atoms with E-state index in [1.807, 2.05) is 39.0 Å². The van der Waals surface area contributed by atoms with Gasteiger partial charge in [0, 0.05) is 23.1 Å². The molecule has 33 heavy (non-hydrogen) atoms. The third kappa shape index (κ3) is 4.45. The maximum absolute atomic E-state index is 13.3. The topological polar surface area (TPSA) is 104 Å². The van der Waals surface area contributed by atoms with Gasteiger partial charge < -0.3 is 10.6 Å². The second kappa shape index (κ2) is 9.20. The molecular formula is C25H25N5O3. The van der Waals surface area contributed by atoms with Crippen LogP contribution in [0.2, 0.25) is 0 Å². The first-order valence-electron chi connectivity index (χ1n) is 10.8. The van der Waals surface area contributed by atoms with Crippen LogP contribution in [-0.2, 0) is 4.79 Å². The molecule has 168 valence electrons. The van der Waals surface area contributed by atoms with Gasteiger partial charge >= 0.3 is 0 Å². The molecule has 3 amide bonds. The fourth-order valence-corrected chi connectivity index (χ4v) is 3.84. The van der Waals surface area contributed by atoms with Gasteiger partial charge in [-0.05, 0) is 49.2 Å². The number of hydrogen-bond donors (Lipinski definition) is 2. The molecule has 2 heterocycles. The van der Waals surface area contributed by atoms with Crippen molar-refractivity contribution in [2.24, 2.45) is 5.92 Å². The van der Waals surface area contributed by atoms with E-state index in [0.717, 1.165) is 16.3 Å². The van der Waals surface area contributed by atoms with Gasteiger partial charge in [0.2, 0.25) is 5.91 Å². The third-order valence-electron chi connectivity index (χ3n) is 5.78. The fourth-order valence-electron chi connectivity index (χ4n) is 3.84. The van der Waals surface area contributed by atoms with Gasteiger partial charge in [-0.3, -0.25) is 19.3 Å². The summed E-state index contributed by atoms with van der Waals surface area (Å²) in [5.41, 5.74) is 2.87. The maximum atomic E-state index is 13.3. The SMILES string of the molecule is CCC(C)C(C(=O)Nc1ccc(Nc2cc(C)ncn2)cc1)N1C(=O)c2ccccc2C1=O. The Balaban J connectivity index is 1.51. The van der Waals surface area contributed by atoms with Crippen LogP contribution in [-0.4, -0.2) is 38.6 Å². The molecule has 3 aromatic rings.